The zero-order valence-corrected chi connectivity index (χ0v) is 17.2. The smallest absolute Gasteiger partial charge is 0.332 e. The standard InChI is InChI=1S/C20H23FN4O5/c1-20(2)29-11-13(30-20)10-28-18-22-16-15(17(26)24(4)19(27)23(16)3)25(18)9-12-7-5-6-8-14(12)21/h5-8,13H,9-11H2,1-4H3/t13-/m1/s1. The first-order valence-electron chi connectivity index (χ1n) is 9.52. The van der Waals surface area contributed by atoms with Crippen molar-refractivity contribution in [1.29, 1.82) is 0 Å². The van der Waals surface area contributed by atoms with E-state index in [1.165, 1.54) is 29.3 Å². The van der Waals surface area contributed by atoms with Crippen LogP contribution in [-0.2, 0) is 30.1 Å². The van der Waals surface area contributed by atoms with Crippen LogP contribution in [0.25, 0.3) is 11.2 Å². The number of fused-ring (bicyclic) bond motifs is 1. The number of imidazole rings is 1. The average molecular weight is 418 g/mol. The summed E-state index contributed by atoms with van der Waals surface area (Å²) in [5.74, 6) is -1.12. The van der Waals surface area contributed by atoms with E-state index in [0.29, 0.717) is 12.2 Å². The lowest BCUT2D eigenvalue weighted by atomic mass is 10.2. The molecule has 1 aliphatic heterocycles. The Morgan fingerprint density at radius 3 is 2.63 bits per heavy atom. The van der Waals surface area contributed by atoms with E-state index in [-0.39, 0.29) is 36.4 Å². The van der Waals surface area contributed by atoms with Gasteiger partial charge in [-0.3, -0.25) is 18.5 Å². The Kier molecular flexibility index (Phi) is 4.99. The number of benzene rings is 1. The average Bonchev–Trinajstić information content (AvgIpc) is 3.24. The van der Waals surface area contributed by atoms with Crippen molar-refractivity contribution in [3.05, 3.63) is 56.5 Å². The van der Waals surface area contributed by atoms with Crippen molar-refractivity contribution in [3.8, 4) is 6.01 Å². The third-order valence-corrected chi connectivity index (χ3v) is 5.06. The van der Waals surface area contributed by atoms with Crippen molar-refractivity contribution in [2.24, 2.45) is 14.1 Å². The van der Waals surface area contributed by atoms with Crippen LogP contribution in [0.1, 0.15) is 19.4 Å². The fourth-order valence-electron chi connectivity index (χ4n) is 3.49. The van der Waals surface area contributed by atoms with Crippen LogP contribution in [0, 0.1) is 5.82 Å². The summed E-state index contributed by atoms with van der Waals surface area (Å²) in [6, 6.07) is 6.35. The molecule has 2 aromatic heterocycles. The summed E-state index contributed by atoms with van der Waals surface area (Å²) in [4.78, 5) is 29.5. The number of halogens is 1. The fraction of sp³-hybridized carbons (Fsp3) is 0.450. The number of aryl methyl sites for hydroxylation is 1. The van der Waals surface area contributed by atoms with Gasteiger partial charge in [0, 0.05) is 19.7 Å². The molecule has 0 N–H and O–H groups in total. The first-order valence-corrected chi connectivity index (χ1v) is 9.52. The minimum absolute atomic E-state index is 0.0134. The van der Waals surface area contributed by atoms with Gasteiger partial charge in [-0.05, 0) is 19.9 Å². The van der Waals surface area contributed by atoms with Gasteiger partial charge in [0.15, 0.2) is 17.0 Å². The quantitative estimate of drug-likeness (QED) is 0.618. The molecule has 1 saturated heterocycles. The van der Waals surface area contributed by atoms with Gasteiger partial charge in [-0.2, -0.15) is 4.98 Å². The third kappa shape index (κ3) is 3.52. The zero-order chi connectivity index (χ0) is 21.6. The Morgan fingerprint density at radius 1 is 1.23 bits per heavy atom. The van der Waals surface area contributed by atoms with Crippen LogP contribution in [0.3, 0.4) is 0 Å². The summed E-state index contributed by atoms with van der Waals surface area (Å²) in [6.45, 7) is 4.10. The lowest BCUT2D eigenvalue weighted by Crippen LogP contribution is -2.37. The van der Waals surface area contributed by atoms with Gasteiger partial charge in [0.05, 0.1) is 13.2 Å². The molecule has 30 heavy (non-hydrogen) atoms. The molecule has 0 amide bonds. The fourth-order valence-corrected chi connectivity index (χ4v) is 3.49. The van der Waals surface area contributed by atoms with E-state index >= 15 is 0 Å². The number of hydrogen-bond donors (Lipinski definition) is 0. The minimum atomic E-state index is -0.707. The van der Waals surface area contributed by atoms with Gasteiger partial charge in [-0.15, -0.1) is 0 Å². The SMILES string of the molecule is Cn1c(=O)c2c(nc(OC[C@@H]3COC(C)(C)O3)n2Cc2ccccc2F)n(C)c1=O. The number of aromatic nitrogens is 4. The highest BCUT2D eigenvalue weighted by atomic mass is 19.1. The molecule has 9 nitrogen and oxygen atoms in total. The van der Waals surface area contributed by atoms with Crippen LogP contribution in [-0.4, -0.2) is 43.8 Å². The molecule has 0 spiro atoms. The summed E-state index contributed by atoms with van der Waals surface area (Å²) in [5.41, 5.74) is -0.364. The second-order valence-corrected chi connectivity index (χ2v) is 7.71. The molecule has 0 bridgehead atoms. The highest BCUT2D eigenvalue weighted by Crippen LogP contribution is 2.25. The van der Waals surface area contributed by atoms with E-state index in [4.69, 9.17) is 14.2 Å². The zero-order valence-electron chi connectivity index (χ0n) is 17.2. The minimum Gasteiger partial charge on any atom is -0.462 e. The Labute approximate surface area is 171 Å². The topological polar surface area (TPSA) is 89.5 Å². The molecule has 0 aliphatic carbocycles. The molecule has 10 heteroatoms. The van der Waals surface area contributed by atoms with E-state index in [9.17, 15) is 14.0 Å². The highest BCUT2D eigenvalue weighted by Gasteiger charge is 2.33. The molecule has 1 aromatic carbocycles. The largest absolute Gasteiger partial charge is 0.462 e. The predicted molar refractivity (Wildman–Crippen MR) is 106 cm³/mol. The van der Waals surface area contributed by atoms with Gasteiger partial charge in [-0.1, -0.05) is 18.2 Å². The lowest BCUT2D eigenvalue weighted by Gasteiger charge is -2.17. The first-order chi connectivity index (χ1) is 14.2. The van der Waals surface area contributed by atoms with Crippen LogP contribution in [0.15, 0.2) is 33.9 Å². The Balaban J connectivity index is 1.79. The molecule has 1 fully saturated rings. The first kappa shape index (κ1) is 20.3. The van der Waals surface area contributed by atoms with E-state index in [0.717, 1.165) is 4.57 Å². The number of ether oxygens (including phenoxy) is 3. The van der Waals surface area contributed by atoms with Crippen LogP contribution in [0.5, 0.6) is 6.01 Å². The Bertz CT molecular complexity index is 1230. The Morgan fingerprint density at radius 2 is 1.97 bits per heavy atom. The van der Waals surface area contributed by atoms with E-state index < -0.39 is 22.9 Å². The van der Waals surface area contributed by atoms with Crippen LogP contribution in [0.2, 0.25) is 0 Å². The maximum Gasteiger partial charge on any atom is 0.332 e. The van der Waals surface area contributed by atoms with Crippen LogP contribution in [0.4, 0.5) is 4.39 Å². The summed E-state index contributed by atoms with van der Waals surface area (Å²) >= 11 is 0. The third-order valence-electron chi connectivity index (χ3n) is 5.06. The predicted octanol–water partition coefficient (Wildman–Crippen LogP) is 1.15. The van der Waals surface area contributed by atoms with Gasteiger partial charge >= 0.3 is 5.69 Å². The van der Waals surface area contributed by atoms with Gasteiger partial charge in [-0.25, -0.2) is 9.18 Å². The number of rotatable bonds is 5. The number of nitrogens with zero attached hydrogens (tertiary/aromatic N) is 4. The highest BCUT2D eigenvalue weighted by molar-refractivity contribution is 5.72. The van der Waals surface area contributed by atoms with Crippen molar-refractivity contribution in [2.75, 3.05) is 13.2 Å². The van der Waals surface area contributed by atoms with Gasteiger partial charge in [0.2, 0.25) is 0 Å². The summed E-state index contributed by atoms with van der Waals surface area (Å²) in [6.07, 6.45) is -0.326. The van der Waals surface area contributed by atoms with Crippen molar-refractivity contribution in [2.45, 2.75) is 32.3 Å². The number of hydrogen-bond acceptors (Lipinski definition) is 6. The molecule has 1 aliphatic rings. The van der Waals surface area contributed by atoms with Gasteiger partial charge in [0.25, 0.3) is 11.6 Å². The Hall–Kier alpha value is -2.98. The van der Waals surface area contributed by atoms with E-state index in [1.54, 1.807) is 32.0 Å². The second-order valence-electron chi connectivity index (χ2n) is 7.71. The van der Waals surface area contributed by atoms with Gasteiger partial charge in [0.1, 0.15) is 18.5 Å². The van der Waals surface area contributed by atoms with Gasteiger partial charge < -0.3 is 14.2 Å². The molecule has 0 radical (unpaired) electrons. The normalized spacial score (nSPS) is 18.2. The molecule has 4 rings (SSSR count). The molecular formula is C20H23FN4O5. The second kappa shape index (κ2) is 7.37. The lowest BCUT2D eigenvalue weighted by molar-refractivity contribution is -0.141. The summed E-state index contributed by atoms with van der Waals surface area (Å²) in [5, 5.41) is 0. The maximum atomic E-state index is 14.3. The molecule has 0 saturated carbocycles. The molecule has 3 aromatic rings. The van der Waals surface area contributed by atoms with Crippen molar-refractivity contribution < 1.29 is 18.6 Å². The molecule has 1 atom stereocenters. The maximum absolute atomic E-state index is 14.3. The summed E-state index contributed by atoms with van der Waals surface area (Å²) in [7, 11) is 2.90. The molecule has 160 valence electrons. The van der Waals surface area contributed by atoms with Crippen molar-refractivity contribution >= 4 is 11.2 Å². The van der Waals surface area contributed by atoms with Crippen LogP contribution < -0.4 is 16.0 Å². The van der Waals surface area contributed by atoms with E-state index in [1.807, 2.05) is 0 Å². The monoisotopic (exact) mass is 418 g/mol. The van der Waals surface area contributed by atoms with Crippen molar-refractivity contribution in [3.63, 3.8) is 0 Å². The molecule has 3 heterocycles. The molecule has 0 unspecified atom stereocenters. The van der Waals surface area contributed by atoms with Crippen molar-refractivity contribution in [1.82, 2.24) is 18.7 Å². The molecular weight excluding hydrogens is 395 g/mol. The van der Waals surface area contributed by atoms with E-state index in [2.05, 4.69) is 4.98 Å². The summed E-state index contributed by atoms with van der Waals surface area (Å²) < 4.78 is 35.2. The van der Waals surface area contributed by atoms with Crippen LogP contribution >= 0.6 is 0 Å².